The van der Waals surface area contributed by atoms with Gasteiger partial charge in [0, 0.05) is 30.4 Å². The van der Waals surface area contributed by atoms with Gasteiger partial charge in [0.05, 0.1) is 6.61 Å². The molecule has 0 radical (unpaired) electrons. The third kappa shape index (κ3) is 5.02. The van der Waals surface area contributed by atoms with Gasteiger partial charge in [0.2, 0.25) is 6.79 Å². The highest BCUT2D eigenvalue weighted by atomic mass is 16.7. The van der Waals surface area contributed by atoms with Crippen molar-refractivity contribution in [3.05, 3.63) is 42.0 Å². The standard InChI is InChI=1S/C23H26N2O6/c1-2-28-20-12-16(23(27)24-17-7-9-19-21(13-17)31-15-30-19)6-8-18(20)29-14-22(26)25-10-4-3-5-11-25/h6-9,12-13H,2-5,10-11,14-15H2,1H3,(H,24,27). The lowest BCUT2D eigenvalue weighted by molar-refractivity contribution is -0.134. The number of amides is 2. The highest BCUT2D eigenvalue weighted by Gasteiger charge is 2.19. The second-order valence-corrected chi connectivity index (χ2v) is 7.35. The van der Waals surface area contributed by atoms with E-state index in [0.29, 0.717) is 40.9 Å². The van der Waals surface area contributed by atoms with E-state index in [1.165, 1.54) is 0 Å². The number of nitrogens with one attached hydrogen (secondary N) is 1. The molecule has 1 fully saturated rings. The number of fused-ring (bicyclic) bond motifs is 1. The molecule has 4 rings (SSSR count). The van der Waals surface area contributed by atoms with Crippen molar-refractivity contribution >= 4 is 17.5 Å². The molecule has 0 spiro atoms. The zero-order chi connectivity index (χ0) is 21.6. The van der Waals surface area contributed by atoms with Gasteiger partial charge in [-0.05, 0) is 56.5 Å². The summed E-state index contributed by atoms with van der Waals surface area (Å²) in [6.45, 7) is 3.93. The van der Waals surface area contributed by atoms with Gasteiger partial charge in [-0.15, -0.1) is 0 Å². The first-order valence-electron chi connectivity index (χ1n) is 10.5. The summed E-state index contributed by atoms with van der Waals surface area (Å²) in [5.41, 5.74) is 1.01. The van der Waals surface area contributed by atoms with Crippen LogP contribution in [0.2, 0.25) is 0 Å². The normalized spacial score (nSPS) is 14.8. The molecule has 2 aromatic rings. The van der Waals surface area contributed by atoms with E-state index >= 15 is 0 Å². The van der Waals surface area contributed by atoms with Crippen LogP contribution >= 0.6 is 0 Å². The topological polar surface area (TPSA) is 86.3 Å². The molecule has 2 aromatic carbocycles. The average molecular weight is 426 g/mol. The molecule has 1 saturated heterocycles. The lowest BCUT2D eigenvalue weighted by atomic mass is 10.1. The van der Waals surface area contributed by atoms with Crippen LogP contribution in [0.5, 0.6) is 23.0 Å². The van der Waals surface area contributed by atoms with Gasteiger partial charge in [-0.3, -0.25) is 9.59 Å². The number of nitrogens with zero attached hydrogens (tertiary/aromatic N) is 1. The Balaban J connectivity index is 1.42. The largest absolute Gasteiger partial charge is 0.490 e. The number of piperidine rings is 1. The summed E-state index contributed by atoms with van der Waals surface area (Å²) < 4.78 is 22.0. The van der Waals surface area contributed by atoms with Gasteiger partial charge in [0.25, 0.3) is 11.8 Å². The third-order valence-corrected chi connectivity index (χ3v) is 5.20. The van der Waals surface area contributed by atoms with Crippen molar-refractivity contribution in [2.75, 3.05) is 38.4 Å². The Bertz CT molecular complexity index is 955. The zero-order valence-electron chi connectivity index (χ0n) is 17.5. The molecule has 2 aliphatic rings. The van der Waals surface area contributed by atoms with Crippen LogP contribution in [0.4, 0.5) is 5.69 Å². The van der Waals surface area contributed by atoms with Gasteiger partial charge < -0.3 is 29.2 Å². The third-order valence-electron chi connectivity index (χ3n) is 5.20. The number of rotatable bonds is 7. The number of ether oxygens (including phenoxy) is 4. The van der Waals surface area contributed by atoms with E-state index in [1.54, 1.807) is 36.4 Å². The van der Waals surface area contributed by atoms with Crippen LogP contribution in [0, 0.1) is 0 Å². The fourth-order valence-electron chi connectivity index (χ4n) is 3.59. The Hall–Kier alpha value is -3.42. The van der Waals surface area contributed by atoms with E-state index in [4.69, 9.17) is 18.9 Å². The van der Waals surface area contributed by atoms with E-state index in [2.05, 4.69) is 5.32 Å². The molecule has 0 atom stereocenters. The van der Waals surface area contributed by atoms with Gasteiger partial charge in [-0.25, -0.2) is 0 Å². The van der Waals surface area contributed by atoms with Crippen LogP contribution < -0.4 is 24.3 Å². The monoisotopic (exact) mass is 426 g/mol. The van der Waals surface area contributed by atoms with Gasteiger partial charge in [0.1, 0.15) is 0 Å². The number of benzene rings is 2. The van der Waals surface area contributed by atoms with Crippen LogP contribution in [0.25, 0.3) is 0 Å². The van der Waals surface area contributed by atoms with Gasteiger partial charge in [-0.2, -0.15) is 0 Å². The van der Waals surface area contributed by atoms with Gasteiger partial charge in [-0.1, -0.05) is 0 Å². The summed E-state index contributed by atoms with van der Waals surface area (Å²) in [5, 5.41) is 2.84. The molecule has 2 aliphatic heterocycles. The van der Waals surface area contributed by atoms with Crippen molar-refractivity contribution in [3.8, 4) is 23.0 Å². The van der Waals surface area contributed by atoms with Crippen LogP contribution in [-0.2, 0) is 4.79 Å². The van der Waals surface area contributed by atoms with Crippen molar-refractivity contribution in [2.45, 2.75) is 26.2 Å². The van der Waals surface area contributed by atoms with Gasteiger partial charge in [0.15, 0.2) is 29.6 Å². The molecule has 31 heavy (non-hydrogen) atoms. The van der Waals surface area contributed by atoms with Crippen molar-refractivity contribution < 1.29 is 28.5 Å². The van der Waals surface area contributed by atoms with Crippen molar-refractivity contribution in [2.24, 2.45) is 0 Å². The SMILES string of the molecule is CCOc1cc(C(=O)Nc2ccc3c(c2)OCO3)ccc1OCC(=O)N1CCCCC1. The average Bonchev–Trinajstić information content (AvgIpc) is 3.26. The quantitative estimate of drug-likeness (QED) is 0.730. The smallest absolute Gasteiger partial charge is 0.260 e. The van der Waals surface area contributed by atoms with E-state index in [0.717, 1.165) is 32.4 Å². The fraction of sp³-hybridized carbons (Fsp3) is 0.391. The van der Waals surface area contributed by atoms with Gasteiger partial charge >= 0.3 is 0 Å². The first kappa shape index (κ1) is 20.8. The lowest BCUT2D eigenvalue weighted by Crippen LogP contribution is -2.38. The van der Waals surface area contributed by atoms with Crippen LogP contribution in [0.15, 0.2) is 36.4 Å². The maximum absolute atomic E-state index is 12.7. The van der Waals surface area contributed by atoms with E-state index in [1.807, 2.05) is 11.8 Å². The summed E-state index contributed by atoms with van der Waals surface area (Å²) in [5.74, 6) is 1.77. The summed E-state index contributed by atoms with van der Waals surface area (Å²) in [6, 6.07) is 10.1. The van der Waals surface area contributed by atoms with E-state index < -0.39 is 0 Å². The number of carbonyl (C=O) groups is 2. The summed E-state index contributed by atoms with van der Waals surface area (Å²) in [6.07, 6.45) is 3.22. The minimum Gasteiger partial charge on any atom is -0.490 e. The molecule has 0 aliphatic carbocycles. The fourth-order valence-corrected chi connectivity index (χ4v) is 3.59. The second-order valence-electron chi connectivity index (χ2n) is 7.35. The van der Waals surface area contributed by atoms with E-state index in [9.17, 15) is 9.59 Å². The lowest BCUT2D eigenvalue weighted by Gasteiger charge is -2.26. The minimum absolute atomic E-state index is 0.0354. The summed E-state index contributed by atoms with van der Waals surface area (Å²) >= 11 is 0. The molecule has 0 aromatic heterocycles. The highest BCUT2D eigenvalue weighted by molar-refractivity contribution is 6.04. The predicted octanol–water partition coefficient (Wildman–Crippen LogP) is 3.46. The van der Waals surface area contributed by atoms with Crippen molar-refractivity contribution in [1.82, 2.24) is 4.90 Å². The first-order chi connectivity index (χ1) is 15.1. The van der Waals surface area contributed by atoms with Crippen molar-refractivity contribution in [1.29, 1.82) is 0 Å². The molecule has 8 heteroatoms. The Kier molecular flexibility index (Phi) is 6.45. The Morgan fingerprint density at radius 3 is 2.58 bits per heavy atom. The number of hydrogen-bond acceptors (Lipinski definition) is 6. The molecule has 164 valence electrons. The summed E-state index contributed by atoms with van der Waals surface area (Å²) in [4.78, 5) is 26.9. The number of likely N-dealkylation sites (tertiary alicyclic amines) is 1. The molecule has 0 saturated carbocycles. The molecule has 1 N–H and O–H groups in total. The predicted molar refractivity (Wildman–Crippen MR) is 114 cm³/mol. The Morgan fingerprint density at radius 1 is 0.968 bits per heavy atom. The van der Waals surface area contributed by atoms with Crippen molar-refractivity contribution in [3.63, 3.8) is 0 Å². The molecule has 0 bridgehead atoms. The second kappa shape index (κ2) is 9.59. The number of carbonyl (C=O) groups excluding carboxylic acids is 2. The number of anilines is 1. The van der Waals surface area contributed by atoms with Crippen LogP contribution in [-0.4, -0.2) is 49.8 Å². The Morgan fingerprint density at radius 2 is 1.77 bits per heavy atom. The molecule has 0 unspecified atom stereocenters. The molecular formula is C23H26N2O6. The summed E-state index contributed by atoms with van der Waals surface area (Å²) in [7, 11) is 0. The molecule has 8 nitrogen and oxygen atoms in total. The minimum atomic E-state index is -0.296. The molecule has 2 amide bonds. The highest BCUT2D eigenvalue weighted by Crippen LogP contribution is 2.34. The maximum atomic E-state index is 12.7. The maximum Gasteiger partial charge on any atom is 0.260 e. The Labute approximate surface area is 181 Å². The zero-order valence-corrected chi connectivity index (χ0v) is 17.5. The van der Waals surface area contributed by atoms with E-state index in [-0.39, 0.29) is 25.2 Å². The molecule has 2 heterocycles. The number of hydrogen-bond donors (Lipinski definition) is 1. The van der Waals surface area contributed by atoms with Crippen LogP contribution in [0.1, 0.15) is 36.5 Å². The first-order valence-corrected chi connectivity index (χ1v) is 10.5. The molecular weight excluding hydrogens is 400 g/mol. The van der Waals surface area contributed by atoms with Crippen LogP contribution in [0.3, 0.4) is 0 Å².